The molecular weight excluding hydrogens is 335 g/mol. The fourth-order valence-corrected chi connectivity index (χ4v) is 2.23. The summed E-state index contributed by atoms with van der Waals surface area (Å²) in [7, 11) is 1.54. The normalized spacial score (nSPS) is 10.3. The Hall–Kier alpha value is -1.42. The van der Waals surface area contributed by atoms with Crippen LogP contribution in [0.2, 0.25) is 15.1 Å². The summed E-state index contributed by atoms with van der Waals surface area (Å²) in [6.07, 6.45) is 0. The quantitative estimate of drug-likeness (QED) is 0.570. The average molecular weight is 346 g/mol. The van der Waals surface area contributed by atoms with Crippen LogP contribution < -0.4 is 9.47 Å². The van der Waals surface area contributed by atoms with Crippen LogP contribution in [0.15, 0.2) is 36.4 Å². The lowest BCUT2D eigenvalue weighted by Gasteiger charge is -2.09. The fraction of sp³-hybridized carbons (Fsp3) is 0.133. The Morgan fingerprint density at radius 3 is 2.48 bits per heavy atom. The topological polar surface area (TPSA) is 35.5 Å². The Balaban J connectivity index is 2.09. The van der Waals surface area contributed by atoms with Gasteiger partial charge in [-0.05, 0) is 18.2 Å². The molecule has 6 heteroatoms. The van der Waals surface area contributed by atoms with Crippen LogP contribution in [0.25, 0.3) is 0 Å². The first-order valence-corrected chi connectivity index (χ1v) is 7.09. The molecule has 0 saturated heterocycles. The van der Waals surface area contributed by atoms with Gasteiger partial charge in [0, 0.05) is 11.6 Å². The average Bonchev–Trinajstić information content (AvgIpc) is 2.49. The second kappa shape index (κ2) is 7.03. The molecule has 0 bridgehead atoms. The maximum atomic E-state index is 12.1. The van der Waals surface area contributed by atoms with Gasteiger partial charge < -0.3 is 9.47 Å². The maximum absolute atomic E-state index is 12.1. The van der Waals surface area contributed by atoms with E-state index in [2.05, 4.69) is 0 Å². The van der Waals surface area contributed by atoms with E-state index in [1.807, 2.05) is 0 Å². The number of hydrogen-bond donors (Lipinski definition) is 0. The Kier molecular flexibility index (Phi) is 5.34. The van der Waals surface area contributed by atoms with Crippen molar-refractivity contribution in [1.82, 2.24) is 0 Å². The van der Waals surface area contributed by atoms with E-state index in [4.69, 9.17) is 44.3 Å². The molecule has 0 atom stereocenters. The summed E-state index contributed by atoms with van der Waals surface area (Å²) in [6, 6.07) is 9.76. The molecule has 21 heavy (non-hydrogen) atoms. The van der Waals surface area contributed by atoms with E-state index in [1.54, 1.807) is 24.3 Å². The molecule has 0 unspecified atom stereocenters. The number of methoxy groups -OCH3 is 1. The van der Waals surface area contributed by atoms with Gasteiger partial charge >= 0.3 is 0 Å². The summed E-state index contributed by atoms with van der Waals surface area (Å²) in [5, 5.41) is 0.931. The minimum atomic E-state index is -0.198. The SMILES string of the molecule is COc1cccc(C(=O)COc2cc(Cl)c(Cl)cc2Cl)c1. The minimum absolute atomic E-state index is 0.162. The predicted octanol–water partition coefficient (Wildman–Crippen LogP) is 4.92. The lowest BCUT2D eigenvalue weighted by Crippen LogP contribution is -2.11. The second-order valence-corrected chi connectivity index (χ2v) is 5.36. The standard InChI is InChI=1S/C15H11Cl3O3/c1-20-10-4-2-3-9(5-10)14(19)8-21-15-7-12(17)11(16)6-13(15)18/h2-7H,8H2,1H3. The Labute approximate surface area is 137 Å². The Morgan fingerprint density at radius 2 is 1.76 bits per heavy atom. The molecule has 2 rings (SSSR count). The third-order valence-corrected chi connectivity index (χ3v) is 3.74. The number of hydrogen-bond acceptors (Lipinski definition) is 3. The highest BCUT2D eigenvalue weighted by Crippen LogP contribution is 2.33. The third-order valence-electron chi connectivity index (χ3n) is 2.73. The smallest absolute Gasteiger partial charge is 0.200 e. The van der Waals surface area contributed by atoms with Gasteiger partial charge in [-0.3, -0.25) is 4.79 Å². The van der Waals surface area contributed by atoms with Crippen molar-refractivity contribution < 1.29 is 14.3 Å². The minimum Gasteiger partial charge on any atom is -0.497 e. The fourth-order valence-electron chi connectivity index (χ4n) is 1.64. The van der Waals surface area contributed by atoms with Crippen molar-refractivity contribution in [2.24, 2.45) is 0 Å². The number of rotatable bonds is 5. The van der Waals surface area contributed by atoms with Gasteiger partial charge in [0.2, 0.25) is 0 Å². The number of benzene rings is 2. The van der Waals surface area contributed by atoms with E-state index in [1.165, 1.54) is 19.2 Å². The van der Waals surface area contributed by atoms with Gasteiger partial charge in [-0.25, -0.2) is 0 Å². The first-order chi connectivity index (χ1) is 10.0. The van der Waals surface area contributed by atoms with E-state index < -0.39 is 0 Å². The van der Waals surface area contributed by atoms with E-state index in [0.717, 1.165) is 0 Å². The second-order valence-electron chi connectivity index (χ2n) is 4.14. The van der Waals surface area contributed by atoms with Crippen LogP contribution in [-0.4, -0.2) is 19.5 Å². The predicted molar refractivity (Wildman–Crippen MR) is 84.3 cm³/mol. The van der Waals surface area contributed by atoms with Crippen molar-refractivity contribution in [3.63, 3.8) is 0 Å². The summed E-state index contributed by atoms with van der Waals surface area (Å²) in [5.74, 6) is 0.715. The molecule has 0 fully saturated rings. The largest absolute Gasteiger partial charge is 0.497 e. The molecular formula is C15H11Cl3O3. The van der Waals surface area contributed by atoms with Crippen molar-refractivity contribution in [3.05, 3.63) is 57.0 Å². The van der Waals surface area contributed by atoms with Crippen LogP contribution >= 0.6 is 34.8 Å². The zero-order chi connectivity index (χ0) is 15.4. The number of halogens is 3. The molecule has 0 aromatic heterocycles. The van der Waals surface area contributed by atoms with Crippen molar-refractivity contribution in [2.45, 2.75) is 0 Å². The highest BCUT2D eigenvalue weighted by molar-refractivity contribution is 6.43. The van der Waals surface area contributed by atoms with Gasteiger partial charge in [0.15, 0.2) is 12.4 Å². The van der Waals surface area contributed by atoms with Gasteiger partial charge in [-0.15, -0.1) is 0 Å². The van der Waals surface area contributed by atoms with Crippen LogP contribution in [0.3, 0.4) is 0 Å². The molecule has 0 aliphatic carbocycles. The van der Waals surface area contributed by atoms with Crippen LogP contribution in [-0.2, 0) is 0 Å². The molecule has 0 N–H and O–H groups in total. The van der Waals surface area contributed by atoms with Crippen molar-refractivity contribution in [3.8, 4) is 11.5 Å². The van der Waals surface area contributed by atoms with Gasteiger partial charge in [0.1, 0.15) is 11.5 Å². The van der Waals surface area contributed by atoms with E-state index in [9.17, 15) is 4.79 Å². The van der Waals surface area contributed by atoms with E-state index >= 15 is 0 Å². The van der Waals surface area contributed by atoms with Crippen LogP contribution in [0.4, 0.5) is 0 Å². The van der Waals surface area contributed by atoms with Crippen LogP contribution in [0.5, 0.6) is 11.5 Å². The Bertz CT molecular complexity index is 671. The van der Waals surface area contributed by atoms with Crippen LogP contribution in [0.1, 0.15) is 10.4 Å². The highest BCUT2D eigenvalue weighted by Gasteiger charge is 2.11. The number of Topliss-reactive ketones (excluding diaryl/α,β-unsaturated/α-hetero) is 1. The molecule has 0 spiro atoms. The lowest BCUT2D eigenvalue weighted by atomic mass is 10.1. The monoisotopic (exact) mass is 344 g/mol. The van der Waals surface area contributed by atoms with Gasteiger partial charge in [-0.1, -0.05) is 46.9 Å². The molecule has 0 radical (unpaired) electrons. The Morgan fingerprint density at radius 1 is 1.05 bits per heavy atom. The summed E-state index contributed by atoms with van der Waals surface area (Å²) < 4.78 is 10.5. The van der Waals surface area contributed by atoms with E-state index in [0.29, 0.717) is 32.1 Å². The first-order valence-electron chi connectivity index (χ1n) is 5.96. The van der Waals surface area contributed by atoms with Crippen molar-refractivity contribution in [1.29, 1.82) is 0 Å². The van der Waals surface area contributed by atoms with Crippen molar-refractivity contribution >= 4 is 40.6 Å². The molecule has 0 saturated carbocycles. The lowest BCUT2D eigenvalue weighted by molar-refractivity contribution is 0.0921. The summed E-state index contributed by atoms with van der Waals surface area (Å²) >= 11 is 17.7. The number of ketones is 1. The maximum Gasteiger partial charge on any atom is 0.200 e. The first kappa shape index (κ1) is 16.0. The molecule has 3 nitrogen and oxygen atoms in total. The summed E-state index contributed by atoms with van der Waals surface area (Å²) in [5.41, 5.74) is 0.491. The van der Waals surface area contributed by atoms with Crippen molar-refractivity contribution in [2.75, 3.05) is 13.7 Å². The summed E-state index contributed by atoms with van der Waals surface area (Å²) in [4.78, 5) is 12.1. The molecule has 0 aliphatic heterocycles. The zero-order valence-corrected chi connectivity index (χ0v) is 13.3. The number of carbonyl (C=O) groups excluding carboxylic acids is 1. The molecule has 2 aromatic carbocycles. The number of ether oxygens (including phenoxy) is 2. The van der Waals surface area contributed by atoms with Gasteiger partial charge in [-0.2, -0.15) is 0 Å². The van der Waals surface area contributed by atoms with Gasteiger partial charge in [0.25, 0.3) is 0 Å². The number of carbonyl (C=O) groups is 1. The van der Waals surface area contributed by atoms with E-state index in [-0.39, 0.29) is 12.4 Å². The third kappa shape index (κ3) is 4.03. The molecule has 110 valence electrons. The molecule has 0 amide bonds. The molecule has 0 heterocycles. The van der Waals surface area contributed by atoms with Crippen LogP contribution in [0, 0.1) is 0 Å². The zero-order valence-electron chi connectivity index (χ0n) is 11.0. The molecule has 2 aromatic rings. The van der Waals surface area contributed by atoms with Gasteiger partial charge in [0.05, 0.1) is 22.2 Å². The molecule has 0 aliphatic rings. The summed E-state index contributed by atoms with van der Waals surface area (Å²) in [6.45, 7) is -0.162. The highest BCUT2D eigenvalue weighted by atomic mass is 35.5.